The fraction of sp³-hybridized carbons (Fsp3) is 0.250. The van der Waals surface area contributed by atoms with Crippen LogP contribution >= 0.6 is 23.1 Å². The number of benzene rings is 1. The van der Waals surface area contributed by atoms with Crippen molar-refractivity contribution in [1.82, 2.24) is 25.3 Å². The third-order valence-electron chi connectivity index (χ3n) is 3.30. The van der Waals surface area contributed by atoms with Crippen molar-refractivity contribution in [2.24, 2.45) is 7.05 Å². The molecule has 0 aliphatic carbocycles. The summed E-state index contributed by atoms with van der Waals surface area (Å²) in [4.78, 5) is 12.3. The third kappa shape index (κ3) is 4.01. The van der Waals surface area contributed by atoms with Crippen LogP contribution in [-0.4, -0.2) is 38.2 Å². The minimum Gasteiger partial charge on any atom is -0.350 e. The average molecular weight is 359 g/mol. The summed E-state index contributed by atoms with van der Waals surface area (Å²) in [5.41, 5.74) is 2.34. The van der Waals surface area contributed by atoms with Gasteiger partial charge in [-0.3, -0.25) is 9.48 Å². The molecule has 0 aliphatic rings. The van der Waals surface area contributed by atoms with Gasteiger partial charge < -0.3 is 5.32 Å². The second kappa shape index (κ2) is 7.59. The van der Waals surface area contributed by atoms with Crippen LogP contribution in [0, 0.1) is 6.92 Å². The smallest absolute Gasteiger partial charge is 0.269 e. The van der Waals surface area contributed by atoms with E-state index >= 15 is 0 Å². The highest BCUT2D eigenvalue weighted by Crippen LogP contribution is 2.21. The molecule has 3 rings (SSSR count). The highest BCUT2D eigenvalue weighted by Gasteiger charge is 2.13. The van der Waals surface area contributed by atoms with E-state index in [4.69, 9.17) is 0 Å². The summed E-state index contributed by atoms with van der Waals surface area (Å²) in [7, 11) is 1.78. The summed E-state index contributed by atoms with van der Waals surface area (Å²) in [6.45, 7) is 2.49. The summed E-state index contributed by atoms with van der Waals surface area (Å²) in [6.07, 6.45) is 0. The SMILES string of the molecule is Cc1nnc(SCCNC(=O)c2cc(-c3ccccc3)nn2C)s1. The van der Waals surface area contributed by atoms with Gasteiger partial charge >= 0.3 is 0 Å². The Morgan fingerprint density at radius 3 is 2.79 bits per heavy atom. The highest BCUT2D eigenvalue weighted by molar-refractivity contribution is 8.01. The van der Waals surface area contributed by atoms with Gasteiger partial charge in [0.25, 0.3) is 5.91 Å². The van der Waals surface area contributed by atoms with E-state index in [1.54, 1.807) is 34.8 Å². The van der Waals surface area contributed by atoms with Crippen LogP contribution in [0.25, 0.3) is 11.3 Å². The molecule has 0 radical (unpaired) electrons. The van der Waals surface area contributed by atoms with Crippen LogP contribution in [0.3, 0.4) is 0 Å². The molecule has 0 saturated heterocycles. The standard InChI is InChI=1S/C16H17N5OS2/c1-11-18-19-16(24-11)23-9-8-17-15(22)14-10-13(20-21(14)2)12-6-4-3-5-7-12/h3-7,10H,8-9H2,1-2H3,(H,17,22). The average Bonchev–Trinajstić information content (AvgIpc) is 3.18. The fourth-order valence-corrected chi connectivity index (χ4v) is 3.90. The Morgan fingerprint density at radius 1 is 1.29 bits per heavy atom. The molecule has 0 unspecified atom stereocenters. The van der Waals surface area contributed by atoms with Crippen LogP contribution in [0.5, 0.6) is 0 Å². The Bertz CT molecular complexity index is 828. The molecule has 8 heteroatoms. The molecule has 0 atom stereocenters. The zero-order chi connectivity index (χ0) is 16.9. The molecule has 1 aromatic carbocycles. The monoisotopic (exact) mass is 359 g/mol. The molecule has 0 spiro atoms. The molecule has 24 heavy (non-hydrogen) atoms. The normalized spacial score (nSPS) is 10.8. The van der Waals surface area contributed by atoms with E-state index in [-0.39, 0.29) is 5.91 Å². The molecule has 1 amide bonds. The number of thioether (sulfide) groups is 1. The molecular formula is C16H17N5OS2. The summed E-state index contributed by atoms with van der Waals surface area (Å²) in [5, 5.41) is 16.3. The number of aromatic nitrogens is 4. The Labute approximate surface area is 148 Å². The lowest BCUT2D eigenvalue weighted by molar-refractivity contribution is 0.0947. The lowest BCUT2D eigenvalue weighted by atomic mass is 10.1. The molecule has 3 aromatic rings. The lowest BCUT2D eigenvalue weighted by Gasteiger charge is -2.03. The highest BCUT2D eigenvalue weighted by atomic mass is 32.2. The van der Waals surface area contributed by atoms with E-state index in [9.17, 15) is 4.79 Å². The molecule has 2 heterocycles. The van der Waals surface area contributed by atoms with Crippen molar-refractivity contribution < 1.29 is 4.79 Å². The van der Waals surface area contributed by atoms with Crippen LogP contribution in [0.15, 0.2) is 40.7 Å². The molecule has 2 aromatic heterocycles. The summed E-state index contributed by atoms with van der Waals surface area (Å²) >= 11 is 3.15. The zero-order valence-corrected chi connectivity index (χ0v) is 15.0. The number of rotatable bonds is 6. The van der Waals surface area contributed by atoms with Gasteiger partial charge in [0.15, 0.2) is 4.34 Å². The van der Waals surface area contributed by atoms with Gasteiger partial charge in [0.2, 0.25) is 0 Å². The van der Waals surface area contributed by atoms with Gasteiger partial charge in [-0.2, -0.15) is 5.10 Å². The first-order valence-electron chi connectivity index (χ1n) is 7.44. The number of nitrogens with zero attached hydrogens (tertiary/aromatic N) is 4. The van der Waals surface area contributed by atoms with E-state index < -0.39 is 0 Å². The molecule has 1 N–H and O–H groups in total. The maximum Gasteiger partial charge on any atom is 0.269 e. The first-order chi connectivity index (χ1) is 11.6. The van der Waals surface area contributed by atoms with Crippen LogP contribution in [0.4, 0.5) is 0 Å². The first kappa shape index (κ1) is 16.7. The van der Waals surface area contributed by atoms with Gasteiger partial charge in [-0.15, -0.1) is 10.2 Å². The number of hydrogen-bond donors (Lipinski definition) is 1. The largest absolute Gasteiger partial charge is 0.350 e. The van der Waals surface area contributed by atoms with Crippen molar-refractivity contribution in [2.75, 3.05) is 12.3 Å². The van der Waals surface area contributed by atoms with E-state index in [0.717, 1.165) is 26.4 Å². The van der Waals surface area contributed by atoms with Gasteiger partial charge in [0, 0.05) is 24.9 Å². The van der Waals surface area contributed by atoms with Gasteiger partial charge in [0.05, 0.1) is 5.69 Å². The Balaban J connectivity index is 1.56. The predicted octanol–water partition coefficient (Wildman–Crippen LogP) is 2.77. The van der Waals surface area contributed by atoms with Gasteiger partial charge in [-0.05, 0) is 13.0 Å². The predicted molar refractivity (Wildman–Crippen MR) is 96.3 cm³/mol. The summed E-state index contributed by atoms with van der Waals surface area (Å²) in [6, 6.07) is 11.6. The topological polar surface area (TPSA) is 72.7 Å². The molecule has 0 saturated carbocycles. The van der Waals surface area contributed by atoms with Gasteiger partial charge in [-0.25, -0.2) is 0 Å². The number of amides is 1. The molecule has 124 valence electrons. The van der Waals surface area contributed by atoms with Crippen LogP contribution in [0.1, 0.15) is 15.5 Å². The van der Waals surface area contributed by atoms with E-state index in [1.165, 1.54) is 0 Å². The van der Waals surface area contributed by atoms with Gasteiger partial charge in [0.1, 0.15) is 10.7 Å². The summed E-state index contributed by atoms with van der Waals surface area (Å²) in [5.74, 6) is 0.630. The molecule has 0 bridgehead atoms. The van der Waals surface area contributed by atoms with E-state index in [2.05, 4.69) is 20.6 Å². The van der Waals surface area contributed by atoms with Gasteiger partial charge in [-0.1, -0.05) is 53.4 Å². The van der Waals surface area contributed by atoms with Crippen LogP contribution in [-0.2, 0) is 7.05 Å². The lowest BCUT2D eigenvalue weighted by Crippen LogP contribution is -2.27. The Kier molecular flexibility index (Phi) is 5.27. The quantitative estimate of drug-likeness (QED) is 0.541. The fourth-order valence-electron chi connectivity index (χ4n) is 2.16. The molecule has 0 fully saturated rings. The van der Waals surface area contributed by atoms with Crippen molar-refractivity contribution in [3.05, 3.63) is 47.1 Å². The number of aryl methyl sites for hydroxylation is 2. The third-order valence-corrected chi connectivity index (χ3v) is 5.28. The van der Waals surface area contributed by atoms with Crippen molar-refractivity contribution in [1.29, 1.82) is 0 Å². The minimum atomic E-state index is -0.124. The maximum absolute atomic E-state index is 12.3. The maximum atomic E-state index is 12.3. The number of carbonyl (C=O) groups is 1. The van der Waals surface area contributed by atoms with Crippen LogP contribution < -0.4 is 5.32 Å². The number of carbonyl (C=O) groups excluding carboxylic acids is 1. The second-order valence-corrected chi connectivity index (χ2v) is 7.62. The first-order valence-corrected chi connectivity index (χ1v) is 9.24. The van der Waals surface area contributed by atoms with Crippen LogP contribution in [0.2, 0.25) is 0 Å². The molecule has 0 aliphatic heterocycles. The summed E-state index contributed by atoms with van der Waals surface area (Å²) < 4.78 is 2.53. The van der Waals surface area contributed by atoms with Crippen molar-refractivity contribution in [3.8, 4) is 11.3 Å². The molecule has 6 nitrogen and oxygen atoms in total. The van der Waals surface area contributed by atoms with E-state index in [0.29, 0.717) is 12.2 Å². The van der Waals surface area contributed by atoms with Crippen molar-refractivity contribution in [3.63, 3.8) is 0 Å². The Morgan fingerprint density at radius 2 is 2.08 bits per heavy atom. The van der Waals surface area contributed by atoms with Crippen molar-refractivity contribution >= 4 is 29.0 Å². The Hall–Kier alpha value is -2.19. The molecular weight excluding hydrogens is 342 g/mol. The number of nitrogens with one attached hydrogen (secondary N) is 1. The number of hydrogen-bond acceptors (Lipinski definition) is 6. The zero-order valence-electron chi connectivity index (χ0n) is 13.4. The minimum absolute atomic E-state index is 0.124. The second-order valence-electron chi connectivity index (χ2n) is 5.10. The van der Waals surface area contributed by atoms with E-state index in [1.807, 2.05) is 43.3 Å². The van der Waals surface area contributed by atoms with Crippen molar-refractivity contribution in [2.45, 2.75) is 11.3 Å².